The van der Waals surface area contributed by atoms with Crippen molar-refractivity contribution >= 4 is 11.6 Å². The Labute approximate surface area is 79.8 Å². The largest absolute Gasteiger partial charge is 0.391 e. The first-order valence-corrected chi connectivity index (χ1v) is 4.52. The van der Waals surface area contributed by atoms with Gasteiger partial charge < -0.3 is 5.32 Å². The molecule has 1 nitrogen and oxygen atoms in total. The zero-order valence-corrected chi connectivity index (χ0v) is 8.49. The van der Waals surface area contributed by atoms with E-state index in [4.69, 9.17) is 11.6 Å². The summed E-state index contributed by atoms with van der Waals surface area (Å²) in [4.78, 5) is 0. The first-order valence-electron chi connectivity index (χ1n) is 3.98. The molecule has 0 heterocycles. The smallest absolute Gasteiger partial charge is 0.0278 e. The van der Waals surface area contributed by atoms with Crippen molar-refractivity contribution in [3.05, 3.63) is 36.1 Å². The molecule has 0 aromatic carbocycles. The molecule has 0 aromatic heterocycles. The van der Waals surface area contributed by atoms with Crippen molar-refractivity contribution in [2.45, 2.75) is 13.3 Å². The maximum Gasteiger partial charge on any atom is 0.0278 e. The quantitative estimate of drug-likeness (QED) is 0.513. The molecule has 0 spiro atoms. The fourth-order valence-electron chi connectivity index (χ4n) is 0.927. The van der Waals surface area contributed by atoms with E-state index in [1.807, 2.05) is 19.2 Å². The van der Waals surface area contributed by atoms with Crippen LogP contribution in [0.1, 0.15) is 13.3 Å². The summed E-state index contributed by atoms with van der Waals surface area (Å²) >= 11 is 5.63. The monoisotopic (exact) mass is 185 g/mol. The van der Waals surface area contributed by atoms with Crippen molar-refractivity contribution in [2.24, 2.45) is 0 Å². The highest BCUT2D eigenvalue weighted by Crippen LogP contribution is 2.07. The number of hydrogen-bond acceptors (Lipinski definition) is 1. The normalized spacial score (nSPS) is 12.9. The molecule has 0 aliphatic rings. The Morgan fingerprint density at radius 1 is 1.58 bits per heavy atom. The lowest BCUT2D eigenvalue weighted by molar-refractivity contribution is 0.887. The Kier molecular flexibility index (Phi) is 6.58. The van der Waals surface area contributed by atoms with Gasteiger partial charge in [-0.1, -0.05) is 24.8 Å². The second-order valence-electron chi connectivity index (χ2n) is 2.45. The van der Waals surface area contributed by atoms with E-state index >= 15 is 0 Å². The van der Waals surface area contributed by atoms with Crippen LogP contribution in [0.3, 0.4) is 0 Å². The van der Waals surface area contributed by atoms with Gasteiger partial charge in [-0.25, -0.2) is 0 Å². The summed E-state index contributed by atoms with van der Waals surface area (Å²) < 4.78 is 0. The Balaban J connectivity index is 4.35. The fraction of sp³-hybridized carbons (Fsp3) is 0.400. The lowest BCUT2D eigenvalue weighted by Gasteiger charge is -2.06. The molecule has 0 radical (unpaired) electrons. The molecule has 0 aliphatic heterocycles. The van der Waals surface area contributed by atoms with Crippen molar-refractivity contribution in [3.63, 3.8) is 0 Å². The van der Waals surface area contributed by atoms with E-state index in [1.165, 1.54) is 11.3 Å². The van der Waals surface area contributed by atoms with E-state index < -0.39 is 0 Å². The van der Waals surface area contributed by atoms with Crippen LogP contribution in [0.5, 0.6) is 0 Å². The molecule has 0 saturated carbocycles. The highest BCUT2D eigenvalue weighted by molar-refractivity contribution is 6.18. The summed E-state index contributed by atoms with van der Waals surface area (Å²) in [6, 6.07) is 0. The van der Waals surface area contributed by atoms with Crippen molar-refractivity contribution in [2.75, 3.05) is 12.9 Å². The van der Waals surface area contributed by atoms with E-state index in [-0.39, 0.29) is 0 Å². The Morgan fingerprint density at radius 3 is 2.67 bits per heavy atom. The molecule has 0 rings (SSSR count). The molecule has 0 fully saturated rings. The van der Waals surface area contributed by atoms with Gasteiger partial charge in [0.15, 0.2) is 0 Å². The molecule has 0 atom stereocenters. The summed E-state index contributed by atoms with van der Waals surface area (Å²) in [7, 11) is 1.91. The van der Waals surface area contributed by atoms with Crippen LogP contribution in [0.25, 0.3) is 0 Å². The summed E-state index contributed by atoms with van der Waals surface area (Å²) in [5, 5.41) is 3.12. The van der Waals surface area contributed by atoms with Gasteiger partial charge in [-0.05, 0) is 12.5 Å². The van der Waals surface area contributed by atoms with E-state index in [9.17, 15) is 0 Å². The van der Waals surface area contributed by atoms with E-state index in [2.05, 4.69) is 18.8 Å². The Bertz CT molecular complexity index is 192. The molecule has 0 unspecified atom stereocenters. The van der Waals surface area contributed by atoms with Crippen LogP contribution in [-0.2, 0) is 0 Å². The first kappa shape index (κ1) is 11.3. The fourth-order valence-corrected chi connectivity index (χ4v) is 1.12. The van der Waals surface area contributed by atoms with Crippen LogP contribution in [0.2, 0.25) is 0 Å². The molecule has 2 heteroatoms. The highest BCUT2D eigenvalue weighted by atomic mass is 35.5. The average molecular weight is 186 g/mol. The van der Waals surface area contributed by atoms with Crippen LogP contribution in [0.4, 0.5) is 0 Å². The zero-order valence-electron chi connectivity index (χ0n) is 7.73. The van der Waals surface area contributed by atoms with Gasteiger partial charge in [0.25, 0.3) is 0 Å². The van der Waals surface area contributed by atoms with Gasteiger partial charge in [0.05, 0.1) is 0 Å². The number of hydrogen-bond donors (Lipinski definition) is 1. The SMILES string of the molecule is C=C/C=C\C(C)=C(/CCCl)NC. The van der Waals surface area contributed by atoms with Gasteiger partial charge >= 0.3 is 0 Å². The van der Waals surface area contributed by atoms with Crippen LogP contribution >= 0.6 is 11.6 Å². The molecule has 1 N–H and O–H groups in total. The van der Waals surface area contributed by atoms with Crippen molar-refractivity contribution in [1.29, 1.82) is 0 Å². The van der Waals surface area contributed by atoms with Gasteiger partial charge in [-0.2, -0.15) is 0 Å². The number of rotatable bonds is 5. The van der Waals surface area contributed by atoms with E-state index in [1.54, 1.807) is 6.08 Å². The maximum atomic E-state index is 5.63. The predicted molar refractivity (Wildman–Crippen MR) is 56.4 cm³/mol. The Morgan fingerprint density at radius 2 is 2.25 bits per heavy atom. The lowest BCUT2D eigenvalue weighted by Crippen LogP contribution is -2.08. The van der Waals surface area contributed by atoms with Gasteiger partial charge in [-0.15, -0.1) is 11.6 Å². The van der Waals surface area contributed by atoms with Crippen molar-refractivity contribution in [3.8, 4) is 0 Å². The first-order chi connectivity index (χ1) is 5.76. The number of nitrogens with one attached hydrogen (secondary N) is 1. The van der Waals surface area contributed by atoms with Gasteiger partial charge in [0.1, 0.15) is 0 Å². The molecular formula is C10H16ClN. The average Bonchev–Trinajstić information content (AvgIpc) is 2.10. The molecule has 12 heavy (non-hydrogen) atoms. The summed E-state index contributed by atoms with van der Waals surface area (Å²) in [6.07, 6.45) is 6.58. The van der Waals surface area contributed by atoms with Gasteiger partial charge in [-0.3, -0.25) is 0 Å². The molecule has 0 saturated heterocycles. The minimum Gasteiger partial charge on any atom is -0.391 e. The van der Waals surface area contributed by atoms with Crippen LogP contribution in [-0.4, -0.2) is 12.9 Å². The van der Waals surface area contributed by atoms with Crippen LogP contribution in [0, 0.1) is 0 Å². The topological polar surface area (TPSA) is 12.0 Å². The van der Waals surface area contributed by atoms with Crippen molar-refractivity contribution in [1.82, 2.24) is 5.32 Å². The van der Waals surface area contributed by atoms with Gasteiger partial charge in [0, 0.05) is 25.0 Å². The highest BCUT2D eigenvalue weighted by Gasteiger charge is 1.95. The van der Waals surface area contributed by atoms with Crippen LogP contribution < -0.4 is 5.32 Å². The number of halogens is 1. The van der Waals surface area contributed by atoms with Crippen molar-refractivity contribution < 1.29 is 0 Å². The standard InChI is InChI=1S/C10H16ClN/c1-4-5-6-9(2)10(12-3)7-8-11/h4-6,12H,1,7-8H2,2-3H3/b6-5-,10-9+. The van der Waals surface area contributed by atoms with Crippen LogP contribution in [0.15, 0.2) is 36.1 Å². The maximum absolute atomic E-state index is 5.63. The third-order valence-corrected chi connectivity index (χ3v) is 1.79. The zero-order chi connectivity index (χ0) is 9.40. The summed E-state index contributed by atoms with van der Waals surface area (Å²) in [5.74, 6) is 0.648. The predicted octanol–water partition coefficient (Wildman–Crippen LogP) is 2.85. The molecule has 0 aliphatic carbocycles. The molecular weight excluding hydrogens is 170 g/mol. The van der Waals surface area contributed by atoms with E-state index in [0.717, 1.165) is 6.42 Å². The minimum atomic E-state index is 0.648. The second kappa shape index (κ2) is 6.99. The summed E-state index contributed by atoms with van der Waals surface area (Å²) in [6.45, 7) is 5.66. The Hall–Kier alpha value is -0.690. The second-order valence-corrected chi connectivity index (χ2v) is 2.82. The van der Waals surface area contributed by atoms with Gasteiger partial charge in [0.2, 0.25) is 0 Å². The minimum absolute atomic E-state index is 0.648. The lowest BCUT2D eigenvalue weighted by atomic mass is 10.2. The third-order valence-electron chi connectivity index (χ3n) is 1.60. The molecule has 68 valence electrons. The number of alkyl halides is 1. The molecule has 0 bridgehead atoms. The molecule has 0 amide bonds. The number of allylic oxidation sites excluding steroid dienone is 5. The summed E-state index contributed by atoms with van der Waals surface area (Å²) in [5.41, 5.74) is 2.39. The molecule has 0 aromatic rings. The van der Waals surface area contributed by atoms with E-state index in [0.29, 0.717) is 5.88 Å². The third kappa shape index (κ3) is 4.24.